The van der Waals surface area contributed by atoms with Crippen molar-refractivity contribution in [1.82, 2.24) is 4.90 Å². The van der Waals surface area contributed by atoms with Gasteiger partial charge < -0.3 is 5.73 Å². The maximum Gasteiger partial charge on any atom is 0.248 e. The predicted molar refractivity (Wildman–Crippen MR) is 131 cm³/mol. The van der Waals surface area contributed by atoms with Gasteiger partial charge in [-0.3, -0.25) is 14.5 Å². The SMILES string of the molecule is N#Cc1c(N2C(=O)CC(Sc3cccc(N)c3)C2=O)sc2c1CCN(Cc1ccccc1)C2. The quantitative estimate of drug-likeness (QED) is 0.441. The van der Waals surface area contributed by atoms with Crippen LogP contribution < -0.4 is 10.6 Å². The van der Waals surface area contributed by atoms with E-state index in [0.29, 0.717) is 22.8 Å². The molecule has 3 aromatic rings. The van der Waals surface area contributed by atoms with Gasteiger partial charge in [-0.2, -0.15) is 5.26 Å². The van der Waals surface area contributed by atoms with Gasteiger partial charge in [0.2, 0.25) is 11.8 Å². The fourth-order valence-electron chi connectivity index (χ4n) is 4.35. The summed E-state index contributed by atoms with van der Waals surface area (Å²) in [5.74, 6) is -0.513. The molecule has 1 aromatic heterocycles. The van der Waals surface area contributed by atoms with Gasteiger partial charge in [0, 0.05) is 41.5 Å². The Morgan fingerprint density at radius 3 is 2.73 bits per heavy atom. The van der Waals surface area contributed by atoms with Gasteiger partial charge in [-0.25, -0.2) is 4.90 Å². The highest BCUT2D eigenvalue weighted by Crippen LogP contribution is 2.43. The zero-order valence-electron chi connectivity index (χ0n) is 17.9. The Kier molecular flexibility index (Phi) is 5.94. The number of rotatable bonds is 5. The number of nitrogens with two attached hydrogens (primary N) is 1. The molecule has 1 fully saturated rings. The summed E-state index contributed by atoms with van der Waals surface area (Å²) in [5.41, 5.74) is 9.17. The topological polar surface area (TPSA) is 90.4 Å². The minimum Gasteiger partial charge on any atom is -0.399 e. The van der Waals surface area contributed by atoms with Crippen molar-refractivity contribution in [2.24, 2.45) is 0 Å². The Bertz CT molecular complexity index is 1270. The second kappa shape index (κ2) is 9.02. The van der Waals surface area contributed by atoms with Gasteiger partial charge in [-0.1, -0.05) is 36.4 Å². The van der Waals surface area contributed by atoms with Crippen molar-refractivity contribution in [2.45, 2.75) is 36.1 Å². The molecule has 33 heavy (non-hydrogen) atoms. The van der Waals surface area contributed by atoms with Crippen molar-refractivity contribution >= 4 is 45.6 Å². The molecule has 1 unspecified atom stereocenters. The average molecular weight is 475 g/mol. The predicted octanol–water partition coefficient (Wildman–Crippen LogP) is 4.18. The van der Waals surface area contributed by atoms with Crippen LogP contribution in [0.3, 0.4) is 0 Å². The molecule has 1 saturated heterocycles. The third kappa shape index (κ3) is 4.27. The van der Waals surface area contributed by atoms with Crippen molar-refractivity contribution < 1.29 is 9.59 Å². The molecule has 0 saturated carbocycles. The molecule has 2 N–H and O–H groups in total. The van der Waals surface area contributed by atoms with E-state index in [-0.39, 0.29) is 18.2 Å². The largest absolute Gasteiger partial charge is 0.399 e. The number of imide groups is 1. The van der Waals surface area contributed by atoms with Crippen molar-refractivity contribution in [3.8, 4) is 6.07 Å². The molecule has 6 nitrogen and oxygen atoms in total. The number of carbonyl (C=O) groups is 2. The van der Waals surface area contributed by atoms with Crippen LogP contribution in [-0.2, 0) is 29.1 Å². The zero-order valence-corrected chi connectivity index (χ0v) is 19.5. The van der Waals surface area contributed by atoms with Gasteiger partial charge in [0.15, 0.2) is 0 Å². The van der Waals surface area contributed by atoms with Crippen LogP contribution in [0.1, 0.15) is 28.0 Å². The molecule has 8 heteroatoms. The Hall–Kier alpha value is -3.12. The normalized spacial score (nSPS) is 18.4. The van der Waals surface area contributed by atoms with Gasteiger partial charge in [-0.05, 0) is 35.7 Å². The fourth-order valence-corrected chi connectivity index (χ4v) is 6.84. The first-order chi connectivity index (χ1) is 16.0. The molecule has 2 aliphatic heterocycles. The first kappa shape index (κ1) is 21.7. The molecule has 0 aliphatic carbocycles. The number of amides is 2. The Balaban J connectivity index is 1.38. The van der Waals surface area contributed by atoms with E-state index in [1.807, 2.05) is 30.3 Å². The molecule has 3 heterocycles. The first-order valence-corrected chi connectivity index (χ1v) is 12.4. The van der Waals surface area contributed by atoms with E-state index in [0.717, 1.165) is 34.8 Å². The van der Waals surface area contributed by atoms with E-state index >= 15 is 0 Å². The highest BCUT2D eigenvalue weighted by Gasteiger charge is 2.43. The standard InChI is InChI=1S/C25H22N4O2S2/c26-13-20-19-9-10-28(14-16-5-2-1-3-6-16)15-22(19)33-25(20)29-23(30)12-21(24(29)31)32-18-8-4-7-17(27)11-18/h1-8,11,21H,9-10,12,14-15,27H2. The van der Waals surface area contributed by atoms with Crippen molar-refractivity contribution in [1.29, 1.82) is 5.26 Å². The lowest BCUT2D eigenvalue weighted by Gasteiger charge is -2.26. The van der Waals surface area contributed by atoms with E-state index in [1.54, 1.807) is 12.1 Å². The number of anilines is 2. The number of hydrogen-bond donors (Lipinski definition) is 1. The molecule has 0 radical (unpaired) electrons. The molecule has 0 spiro atoms. The molecular weight excluding hydrogens is 452 g/mol. The molecule has 5 rings (SSSR count). The van der Waals surface area contributed by atoms with E-state index < -0.39 is 5.25 Å². The van der Waals surface area contributed by atoms with Crippen LogP contribution in [0.15, 0.2) is 59.5 Å². The van der Waals surface area contributed by atoms with Crippen LogP contribution in [-0.4, -0.2) is 28.5 Å². The minimum absolute atomic E-state index is 0.117. The monoisotopic (exact) mass is 474 g/mol. The number of nitriles is 1. The first-order valence-electron chi connectivity index (χ1n) is 10.7. The molecular formula is C25H22N4O2S2. The third-order valence-electron chi connectivity index (χ3n) is 5.92. The molecule has 1 atom stereocenters. The van der Waals surface area contributed by atoms with Crippen LogP contribution in [0.4, 0.5) is 10.7 Å². The van der Waals surface area contributed by atoms with Gasteiger partial charge >= 0.3 is 0 Å². The van der Waals surface area contributed by atoms with Crippen molar-refractivity contribution in [2.75, 3.05) is 17.2 Å². The Morgan fingerprint density at radius 1 is 1.15 bits per heavy atom. The number of carbonyl (C=O) groups excluding carboxylic acids is 2. The number of fused-ring (bicyclic) bond motifs is 1. The van der Waals surface area contributed by atoms with Crippen LogP contribution in [0.2, 0.25) is 0 Å². The number of benzene rings is 2. The third-order valence-corrected chi connectivity index (χ3v) is 8.30. The highest BCUT2D eigenvalue weighted by molar-refractivity contribution is 8.00. The van der Waals surface area contributed by atoms with Crippen LogP contribution >= 0.6 is 23.1 Å². The fraction of sp³-hybridized carbons (Fsp3) is 0.240. The average Bonchev–Trinajstić information content (AvgIpc) is 3.29. The van der Waals surface area contributed by atoms with E-state index in [1.165, 1.54) is 33.6 Å². The van der Waals surface area contributed by atoms with Crippen LogP contribution in [0, 0.1) is 11.3 Å². The van der Waals surface area contributed by atoms with E-state index in [9.17, 15) is 14.9 Å². The van der Waals surface area contributed by atoms with E-state index in [2.05, 4.69) is 23.1 Å². The van der Waals surface area contributed by atoms with Gasteiger partial charge in [0.05, 0.1) is 10.8 Å². The number of nitrogens with zero attached hydrogens (tertiary/aromatic N) is 3. The number of thiophene rings is 1. The lowest BCUT2D eigenvalue weighted by molar-refractivity contribution is -0.121. The summed E-state index contributed by atoms with van der Waals surface area (Å²) >= 11 is 2.75. The van der Waals surface area contributed by atoms with Crippen LogP contribution in [0.25, 0.3) is 0 Å². The lowest BCUT2D eigenvalue weighted by atomic mass is 10.0. The number of hydrogen-bond acceptors (Lipinski definition) is 7. The summed E-state index contributed by atoms with van der Waals surface area (Å²) in [6, 6.07) is 19.9. The summed E-state index contributed by atoms with van der Waals surface area (Å²) in [5, 5.41) is 9.87. The highest BCUT2D eigenvalue weighted by atomic mass is 32.2. The summed E-state index contributed by atoms with van der Waals surface area (Å²) in [7, 11) is 0. The summed E-state index contributed by atoms with van der Waals surface area (Å²) in [4.78, 5) is 31.6. The minimum atomic E-state index is -0.514. The molecule has 0 bridgehead atoms. The smallest absolute Gasteiger partial charge is 0.248 e. The van der Waals surface area contributed by atoms with Gasteiger partial charge in [-0.15, -0.1) is 23.1 Å². The maximum absolute atomic E-state index is 13.2. The summed E-state index contributed by atoms with van der Waals surface area (Å²) in [6.07, 6.45) is 0.852. The molecule has 166 valence electrons. The zero-order chi connectivity index (χ0) is 22.9. The van der Waals surface area contributed by atoms with Crippen molar-refractivity contribution in [3.63, 3.8) is 0 Å². The molecule has 2 amide bonds. The molecule has 2 aromatic carbocycles. The second-order valence-electron chi connectivity index (χ2n) is 8.19. The lowest BCUT2D eigenvalue weighted by Crippen LogP contribution is -2.31. The van der Waals surface area contributed by atoms with Crippen LogP contribution in [0.5, 0.6) is 0 Å². The second-order valence-corrected chi connectivity index (χ2v) is 10.6. The van der Waals surface area contributed by atoms with Gasteiger partial charge in [0.25, 0.3) is 0 Å². The number of thioether (sulfide) groups is 1. The van der Waals surface area contributed by atoms with Crippen molar-refractivity contribution in [3.05, 3.63) is 76.2 Å². The maximum atomic E-state index is 13.2. The van der Waals surface area contributed by atoms with Gasteiger partial charge in [0.1, 0.15) is 11.1 Å². The number of nitrogen functional groups attached to an aromatic ring is 1. The Morgan fingerprint density at radius 2 is 1.97 bits per heavy atom. The Labute approximate surface area is 200 Å². The van der Waals surface area contributed by atoms with E-state index in [4.69, 9.17) is 5.73 Å². The summed E-state index contributed by atoms with van der Waals surface area (Å²) in [6.45, 7) is 2.37. The molecule has 2 aliphatic rings. The summed E-state index contributed by atoms with van der Waals surface area (Å²) < 4.78 is 0.